The van der Waals surface area contributed by atoms with Crippen LogP contribution in [0.1, 0.15) is 30.9 Å². The molecule has 1 aromatic carbocycles. The zero-order chi connectivity index (χ0) is 11.9. The number of halogens is 1. The number of benzene rings is 1. The van der Waals surface area contributed by atoms with E-state index in [0.717, 1.165) is 36.3 Å². The fourth-order valence-electron chi connectivity index (χ4n) is 2.74. The van der Waals surface area contributed by atoms with Crippen molar-refractivity contribution in [3.63, 3.8) is 0 Å². The second-order valence-corrected chi connectivity index (χ2v) is 6.11. The lowest BCUT2D eigenvalue weighted by Gasteiger charge is -2.43. The summed E-state index contributed by atoms with van der Waals surface area (Å²) < 4.78 is 19.3. The minimum atomic E-state index is -0.252. The summed E-state index contributed by atoms with van der Waals surface area (Å²) in [6, 6.07) is 4.65. The highest BCUT2D eigenvalue weighted by atomic mass is 32.2. The molecule has 1 aromatic rings. The van der Waals surface area contributed by atoms with Crippen LogP contribution in [0, 0.1) is 5.82 Å². The van der Waals surface area contributed by atoms with Gasteiger partial charge in [0.05, 0.1) is 0 Å². The quantitative estimate of drug-likeness (QED) is 0.772. The third-order valence-electron chi connectivity index (χ3n) is 3.70. The standard InChI is InChI=1S/C13H16FNOS/c14-9-1-2-10-11(15)8-13(16-12(10)7-9)3-5-17-6-4-13/h1-2,7,11H,3-6,8,15H2/t11-/m0/s1. The summed E-state index contributed by atoms with van der Waals surface area (Å²) >= 11 is 1.95. The first-order chi connectivity index (χ1) is 8.19. The van der Waals surface area contributed by atoms with E-state index in [-0.39, 0.29) is 17.5 Å². The Morgan fingerprint density at radius 3 is 2.88 bits per heavy atom. The lowest BCUT2D eigenvalue weighted by Crippen LogP contribution is -2.45. The highest BCUT2D eigenvalue weighted by molar-refractivity contribution is 7.99. The minimum Gasteiger partial charge on any atom is -0.487 e. The van der Waals surface area contributed by atoms with Gasteiger partial charge in [-0.05, 0) is 30.4 Å². The third-order valence-corrected chi connectivity index (χ3v) is 4.68. The molecule has 3 rings (SSSR count). The molecule has 2 N–H and O–H groups in total. The molecule has 0 saturated carbocycles. The fraction of sp³-hybridized carbons (Fsp3) is 0.538. The summed E-state index contributed by atoms with van der Waals surface area (Å²) in [5.74, 6) is 2.61. The molecule has 2 aliphatic heterocycles. The minimum absolute atomic E-state index is 0.0255. The predicted octanol–water partition coefficient (Wildman–Crippen LogP) is 2.87. The Morgan fingerprint density at radius 2 is 2.12 bits per heavy atom. The summed E-state index contributed by atoms with van der Waals surface area (Å²) in [6.45, 7) is 0. The van der Waals surface area contributed by atoms with Crippen LogP contribution in [0.2, 0.25) is 0 Å². The first-order valence-corrected chi connectivity index (χ1v) is 7.16. The van der Waals surface area contributed by atoms with Gasteiger partial charge in [-0.2, -0.15) is 11.8 Å². The van der Waals surface area contributed by atoms with Crippen molar-refractivity contribution in [2.24, 2.45) is 5.73 Å². The van der Waals surface area contributed by atoms with Gasteiger partial charge in [0.1, 0.15) is 17.2 Å². The molecule has 17 heavy (non-hydrogen) atoms. The van der Waals surface area contributed by atoms with Crippen LogP contribution in [0.25, 0.3) is 0 Å². The van der Waals surface area contributed by atoms with Gasteiger partial charge in [0, 0.05) is 24.1 Å². The van der Waals surface area contributed by atoms with E-state index in [0.29, 0.717) is 5.75 Å². The molecule has 1 atom stereocenters. The van der Waals surface area contributed by atoms with E-state index in [1.807, 2.05) is 11.8 Å². The molecule has 1 spiro atoms. The molecule has 92 valence electrons. The number of fused-ring (bicyclic) bond motifs is 1. The van der Waals surface area contributed by atoms with Crippen molar-refractivity contribution < 1.29 is 9.13 Å². The molecule has 0 amide bonds. The molecule has 1 saturated heterocycles. The van der Waals surface area contributed by atoms with E-state index >= 15 is 0 Å². The summed E-state index contributed by atoms with van der Waals surface area (Å²) in [5, 5.41) is 0. The molecule has 2 aliphatic rings. The molecule has 0 unspecified atom stereocenters. The maximum atomic E-state index is 13.3. The molecule has 2 nitrogen and oxygen atoms in total. The third kappa shape index (κ3) is 2.04. The maximum absolute atomic E-state index is 13.3. The summed E-state index contributed by atoms with van der Waals surface area (Å²) in [4.78, 5) is 0. The molecule has 1 fully saturated rings. The van der Waals surface area contributed by atoms with Gasteiger partial charge in [-0.1, -0.05) is 6.07 Å². The van der Waals surface area contributed by atoms with Crippen molar-refractivity contribution in [2.75, 3.05) is 11.5 Å². The van der Waals surface area contributed by atoms with Crippen molar-refractivity contribution in [1.82, 2.24) is 0 Å². The van der Waals surface area contributed by atoms with Crippen molar-refractivity contribution in [3.8, 4) is 5.75 Å². The molecule has 0 radical (unpaired) electrons. The number of ether oxygens (including phenoxy) is 1. The van der Waals surface area contributed by atoms with Crippen molar-refractivity contribution in [1.29, 1.82) is 0 Å². The average molecular weight is 253 g/mol. The van der Waals surface area contributed by atoms with Gasteiger partial charge >= 0.3 is 0 Å². The van der Waals surface area contributed by atoms with Crippen LogP contribution >= 0.6 is 11.8 Å². The Bertz CT molecular complexity index is 431. The van der Waals surface area contributed by atoms with E-state index in [4.69, 9.17) is 10.5 Å². The summed E-state index contributed by atoms with van der Waals surface area (Å²) in [5.41, 5.74) is 6.99. The second-order valence-electron chi connectivity index (χ2n) is 4.89. The SMILES string of the molecule is N[C@H]1CC2(CCSCC2)Oc2cc(F)ccc21. The first-order valence-electron chi connectivity index (χ1n) is 6.00. The van der Waals surface area contributed by atoms with E-state index in [9.17, 15) is 4.39 Å². The van der Waals surface area contributed by atoms with Crippen LogP contribution in [0.15, 0.2) is 18.2 Å². The zero-order valence-electron chi connectivity index (χ0n) is 9.62. The largest absolute Gasteiger partial charge is 0.487 e. The maximum Gasteiger partial charge on any atom is 0.127 e. The molecule has 0 aromatic heterocycles. The normalized spacial score (nSPS) is 26.4. The van der Waals surface area contributed by atoms with Crippen LogP contribution in [0.5, 0.6) is 5.75 Å². The highest BCUT2D eigenvalue weighted by Crippen LogP contribution is 2.44. The van der Waals surface area contributed by atoms with E-state index in [1.54, 1.807) is 6.07 Å². The van der Waals surface area contributed by atoms with Gasteiger partial charge in [-0.3, -0.25) is 0 Å². The Hall–Kier alpha value is -0.740. The second kappa shape index (κ2) is 4.18. The predicted molar refractivity (Wildman–Crippen MR) is 67.9 cm³/mol. The van der Waals surface area contributed by atoms with Crippen LogP contribution in [-0.2, 0) is 0 Å². The number of rotatable bonds is 0. The Labute approximate surface area is 105 Å². The lowest BCUT2D eigenvalue weighted by molar-refractivity contribution is 0.0276. The van der Waals surface area contributed by atoms with E-state index in [1.165, 1.54) is 12.1 Å². The summed E-state index contributed by atoms with van der Waals surface area (Å²) in [7, 11) is 0. The lowest BCUT2D eigenvalue weighted by atomic mass is 9.83. The summed E-state index contributed by atoms with van der Waals surface area (Å²) in [6.07, 6.45) is 2.88. The van der Waals surface area contributed by atoms with Gasteiger partial charge in [0.2, 0.25) is 0 Å². The van der Waals surface area contributed by atoms with Gasteiger partial charge in [0.15, 0.2) is 0 Å². The van der Waals surface area contributed by atoms with Gasteiger partial charge in [-0.15, -0.1) is 0 Å². The Morgan fingerprint density at radius 1 is 1.35 bits per heavy atom. The Balaban J connectivity index is 1.95. The number of thioether (sulfide) groups is 1. The van der Waals surface area contributed by atoms with Crippen LogP contribution in [0.3, 0.4) is 0 Å². The number of hydrogen-bond donors (Lipinski definition) is 1. The number of hydrogen-bond acceptors (Lipinski definition) is 3. The van der Waals surface area contributed by atoms with Crippen molar-refractivity contribution >= 4 is 11.8 Å². The molecular weight excluding hydrogens is 237 g/mol. The molecule has 0 bridgehead atoms. The van der Waals surface area contributed by atoms with Crippen LogP contribution in [-0.4, -0.2) is 17.1 Å². The molecule has 4 heteroatoms. The van der Waals surface area contributed by atoms with Crippen molar-refractivity contribution in [2.45, 2.75) is 30.9 Å². The molecular formula is C13H16FNOS. The van der Waals surface area contributed by atoms with E-state index in [2.05, 4.69) is 0 Å². The number of nitrogens with two attached hydrogens (primary N) is 1. The monoisotopic (exact) mass is 253 g/mol. The first kappa shape index (κ1) is 11.4. The van der Waals surface area contributed by atoms with Crippen LogP contribution in [0.4, 0.5) is 4.39 Å². The van der Waals surface area contributed by atoms with Gasteiger partial charge in [-0.25, -0.2) is 4.39 Å². The van der Waals surface area contributed by atoms with E-state index < -0.39 is 0 Å². The van der Waals surface area contributed by atoms with Gasteiger partial charge in [0.25, 0.3) is 0 Å². The molecule has 2 heterocycles. The average Bonchev–Trinajstić information content (AvgIpc) is 2.29. The Kier molecular flexibility index (Phi) is 2.79. The fourth-order valence-corrected chi connectivity index (χ4v) is 3.97. The van der Waals surface area contributed by atoms with Crippen molar-refractivity contribution in [3.05, 3.63) is 29.6 Å². The molecule has 0 aliphatic carbocycles. The zero-order valence-corrected chi connectivity index (χ0v) is 10.4. The van der Waals surface area contributed by atoms with Gasteiger partial charge < -0.3 is 10.5 Å². The smallest absolute Gasteiger partial charge is 0.127 e. The topological polar surface area (TPSA) is 35.2 Å². The van der Waals surface area contributed by atoms with Crippen LogP contribution < -0.4 is 10.5 Å². The highest BCUT2D eigenvalue weighted by Gasteiger charge is 2.40.